The van der Waals surface area contributed by atoms with Gasteiger partial charge in [-0.3, -0.25) is 14.9 Å². The first-order valence-corrected chi connectivity index (χ1v) is 11.3. The molecule has 2 N–H and O–H groups in total. The van der Waals surface area contributed by atoms with Crippen molar-refractivity contribution in [1.82, 2.24) is 25.5 Å². The van der Waals surface area contributed by atoms with Gasteiger partial charge >= 0.3 is 0 Å². The molecular weight excluding hydrogens is 427 g/mol. The number of nitrogens with one attached hydrogen (secondary N) is 2. The minimum Gasteiger partial charge on any atom is -0.488 e. The highest BCUT2D eigenvalue weighted by Crippen LogP contribution is 2.33. The van der Waals surface area contributed by atoms with Crippen LogP contribution in [0.5, 0.6) is 5.75 Å². The predicted octanol–water partition coefficient (Wildman–Crippen LogP) is 2.78. The number of aromatic nitrogens is 4. The Morgan fingerprint density at radius 2 is 1.94 bits per heavy atom. The number of hydrogen-bond acceptors (Lipinski definition) is 7. The van der Waals surface area contributed by atoms with Crippen LogP contribution in [0.4, 0.5) is 10.1 Å². The van der Waals surface area contributed by atoms with E-state index in [1.54, 1.807) is 12.4 Å². The highest BCUT2D eigenvalue weighted by atomic mass is 19.1. The van der Waals surface area contributed by atoms with E-state index in [1.807, 2.05) is 0 Å². The zero-order valence-corrected chi connectivity index (χ0v) is 18.3. The van der Waals surface area contributed by atoms with Crippen LogP contribution in [0.25, 0.3) is 11.0 Å². The summed E-state index contributed by atoms with van der Waals surface area (Å²) in [4.78, 5) is 23.6. The second-order valence-electron chi connectivity index (χ2n) is 8.44. The number of aromatic amines is 1. The lowest BCUT2D eigenvalue weighted by Gasteiger charge is -2.31. The number of nitrogens with zero attached hydrogens (tertiary/aromatic N) is 4. The smallest absolute Gasteiger partial charge is 0.271 e. The summed E-state index contributed by atoms with van der Waals surface area (Å²) in [5.41, 5.74) is 3.14. The largest absolute Gasteiger partial charge is 0.488 e. The van der Waals surface area contributed by atoms with Gasteiger partial charge in [0.05, 0.1) is 30.5 Å². The molecule has 1 aliphatic heterocycles. The molecule has 33 heavy (non-hydrogen) atoms. The maximum absolute atomic E-state index is 12.7. The summed E-state index contributed by atoms with van der Waals surface area (Å²) in [6.45, 7) is 2.40. The minimum atomic E-state index is -0.672. The third-order valence-electron chi connectivity index (χ3n) is 6.21. The molecule has 2 aliphatic rings. The number of ether oxygens (including phenoxy) is 2. The van der Waals surface area contributed by atoms with Crippen LogP contribution in [0.2, 0.25) is 0 Å². The fourth-order valence-corrected chi connectivity index (χ4v) is 4.43. The number of hydrogen-bond donors (Lipinski definition) is 2. The Kier molecular flexibility index (Phi) is 6.34. The van der Waals surface area contributed by atoms with E-state index in [-0.39, 0.29) is 23.7 Å². The van der Waals surface area contributed by atoms with Crippen molar-refractivity contribution < 1.29 is 18.7 Å². The van der Waals surface area contributed by atoms with Gasteiger partial charge in [0.1, 0.15) is 23.6 Å². The van der Waals surface area contributed by atoms with Gasteiger partial charge < -0.3 is 19.7 Å². The lowest BCUT2D eigenvalue weighted by molar-refractivity contribution is 0.0890. The van der Waals surface area contributed by atoms with Crippen LogP contribution in [0, 0.1) is 0 Å². The van der Waals surface area contributed by atoms with Crippen molar-refractivity contribution in [3.8, 4) is 5.75 Å². The molecule has 2 aromatic heterocycles. The Hall–Kier alpha value is -3.27. The monoisotopic (exact) mass is 454 g/mol. The number of carbonyl (C=O) groups is 1. The van der Waals surface area contributed by atoms with Crippen molar-refractivity contribution in [2.75, 3.05) is 31.2 Å². The summed E-state index contributed by atoms with van der Waals surface area (Å²) in [5, 5.41) is 9.39. The summed E-state index contributed by atoms with van der Waals surface area (Å²) >= 11 is 0. The zero-order valence-electron chi connectivity index (χ0n) is 18.3. The molecule has 0 radical (unpaired) electrons. The summed E-state index contributed by atoms with van der Waals surface area (Å²) < 4.78 is 24.6. The first-order valence-electron chi connectivity index (χ1n) is 11.3. The van der Waals surface area contributed by atoms with Crippen molar-refractivity contribution in [3.63, 3.8) is 0 Å². The number of benzene rings is 1. The number of alkyl halides is 1. The Morgan fingerprint density at radius 1 is 1.15 bits per heavy atom. The SMILES string of the molecule is O=C(NC1CCC(Oc2cc(N3CCOCC3)cc3nccnc23)CC1)c1cc(CF)[nH]n1. The molecule has 0 atom stereocenters. The summed E-state index contributed by atoms with van der Waals surface area (Å²) in [6.07, 6.45) is 6.62. The highest BCUT2D eigenvalue weighted by Gasteiger charge is 2.26. The molecular formula is C23H27FN6O3. The lowest BCUT2D eigenvalue weighted by Crippen LogP contribution is -2.40. The second-order valence-corrected chi connectivity index (χ2v) is 8.44. The van der Waals surface area contributed by atoms with Gasteiger partial charge in [0.25, 0.3) is 5.91 Å². The van der Waals surface area contributed by atoms with Gasteiger partial charge in [-0.1, -0.05) is 0 Å². The maximum Gasteiger partial charge on any atom is 0.271 e. The second kappa shape index (κ2) is 9.70. The van der Waals surface area contributed by atoms with E-state index in [0.29, 0.717) is 18.9 Å². The average molecular weight is 455 g/mol. The molecule has 1 aromatic carbocycles. The molecule has 10 heteroatoms. The van der Waals surface area contributed by atoms with E-state index in [1.165, 1.54) is 6.07 Å². The van der Waals surface area contributed by atoms with Crippen LogP contribution in [0.1, 0.15) is 41.9 Å². The summed E-state index contributed by atoms with van der Waals surface area (Å²) in [5.74, 6) is 0.458. The van der Waals surface area contributed by atoms with E-state index in [9.17, 15) is 9.18 Å². The Morgan fingerprint density at radius 3 is 2.70 bits per heavy atom. The van der Waals surface area contributed by atoms with Gasteiger partial charge in [0.2, 0.25) is 0 Å². The van der Waals surface area contributed by atoms with E-state index in [0.717, 1.165) is 61.2 Å². The third-order valence-corrected chi connectivity index (χ3v) is 6.21. The molecule has 174 valence electrons. The van der Waals surface area contributed by atoms with Crippen LogP contribution >= 0.6 is 0 Å². The molecule has 3 aromatic rings. The van der Waals surface area contributed by atoms with E-state index < -0.39 is 6.67 Å². The molecule has 1 amide bonds. The van der Waals surface area contributed by atoms with Crippen molar-refractivity contribution >= 4 is 22.6 Å². The number of anilines is 1. The quantitative estimate of drug-likeness (QED) is 0.590. The van der Waals surface area contributed by atoms with Crippen LogP contribution in [-0.4, -0.2) is 64.5 Å². The van der Waals surface area contributed by atoms with Gasteiger partial charge in [-0.05, 0) is 37.8 Å². The molecule has 0 spiro atoms. The molecule has 2 fully saturated rings. The third kappa shape index (κ3) is 4.90. The Labute approximate surface area is 190 Å². The van der Waals surface area contributed by atoms with Crippen LogP contribution in [-0.2, 0) is 11.4 Å². The van der Waals surface area contributed by atoms with E-state index >= 15 is 0 Å². The molecule has 5 rings (SSSR count). The van der Waals surface area contributed by atoms with Crippen molar-refractivity contribution in [3.05, 3.63) is 42.0 Å². The number of H-pyrrole nitrogens is 1. The molecule has 3 heterocycles. The topological polar surface area (TPSA) is 105 Å². The highest BCUT2D eigenvalue weighted by molar-refractivity contribution is 5.92. The van der Waals surface area contributed by atoms with Crippen molar-refractivity contribution in [1.29, 1.82) is 0 Å². The van der Waals surface area contributed by atoms with Gasteiger partial charge in [0, 0.05) is 43.3 Å². The lowest BCUT2D eigenvalue weighted by atomic mass is 9.92. The van der Waals surface area contributed by atoms with Crippen LogP contribution in [0.3, 0.4) is 0 Å². The molecule has 0 unspecified atom stereocenters. The molecule has 0 bridgehead atoms. The number of carbonyl (C=O) groups excluding carboxylic acids is 1. The average Bonchev–Trinajstić information content (AvgIpc) is 3.35. The Bertz CT molecular complexity index is 1110. The normalized spacial score (nSPS) is 21.2. The fraction of sp³-hybridized carbons (Fsp3) is 0.478. The number of fused-ring (bicyclic) bond motifs is 1. The number of halogens is 1. The first-order chi connectivity index (χ1) is 16.2. The van der Waals surface area contributed by atoms with Gasteiger partial charge in [-0.2, -0.15) is 5.10 Å². The van der Waals surface area contributed by atoms with Gasteiger partial charge in [0.15, 0.2) is 0 Å². The molecule has 1 saturated heterocycles. The Balaban J connectivity index is 1.23. The minimum absolute atomic E-state index is 0.0341. The van der Waals surface area contributed by atoms with E-state index in [2.05, 4.69) is 42.5 Å². The van der Waals surface area contributed by atoms with Crippen molar-refractivity contribution in [2.45, 2.75) is 44.5 Å². The standard InChI is InChI=1S/C23H27FN6O3/c24-14-16-11-20(29-28-16)23(31)27-15-1-3-18(4-2-15)33-21-13-17(30-7-9-32-10-8-30)12-19-22(21)26-6-5-25-19/h5-6,11-13,15,18H,1-4,7-10,14H2,(H,27,31)(H,28,29). The van der Waals surface area contributed by atoms with Crippen molar-refractivity contribution in [2.24, 2.45) is 0 Å². The van der Waals surface area contributed by atoms with Gasteiger partial charge in [-0.15, -0.1) is 0 Å². The maximum atomic E-state index is 12.7. The number of rotatable bonds is 6. The molecule has 1 saturated carbocycles. The predicted molar refractivity (Wildman–Crippen MR) is 120 cm³/mol. The fourth-order valence-electron chi connectivity index (χ4n) is 4.43. The van der Waals surface area contributed by atoms with Crippen LogP contribution in [0.15, 0.2) is 30.6 Å². The zero-order chi connectivity index (χ0) is 22.6. The molecule has 9 nitrogen and oxygen atoms in total. The number of morpholine rings is 1. The van der Waals surface area contributed by atoms with Crippen LogP contribution < -0.4 is 15.0 Å². The first kappa shape index (κ1) is 21.6. The summed E-state index contributed by atoms with van der Waals surface area (Å²) in [6, 6.07) is 5.59. The van der Waals surface area contributed by atoms with Gasteiger partial charge in [-0.25, -0.2) is 9.37 Å². The number of amides is 1. The molecule has 1 aliphatic carbocycles. The van der Waals surface area contributed by atoms with E-state index in [4.69, 9.17) is 9.47 Å². The summed E-state index contributed by atoms with van der Waals surface area (Å²) in [7, 11) is 0.